The summed E-state index contributed by atoms with van der Waals surface area (Å²) in [6.45, 7) is 0.00631. The van der Waals surface area contributed by atoms with E-state index in [-0.39, 0.29) is 13.0 Å². The third-order valence-electron chi connectivity index (χ3n) is 3.68. The van der Waals surface area contributed by atoms with Crippen molar-refractivity contribution in [3.05, 3.63) is 70.2 Å². The molecule has 3 rings (SSSR count). The molecular weight excluding hydrogens is 304 g/mol. The summed E-state index contributed by atoms with van der Waals surface area (Å²) in [4.78, 5) is 24.5. The van der Waals surface area contributed by atoms with E-state index in [1.165, 1.54) is 6.07 Å². The van der Waals surface area contributed by atoms with Gasteiger partial charge in [0.1, 0.15) is 6.61 Å². The Labute approximate surface area is 132 Å². The molecule has 5 heteroatoms. The van der Waals surface area contributed by atoms with Crippen molar-refractivity contribution in [1.29, 1.82) is 0 Å². The van der Waals surface area contributed by atoms with E-state index >= 15 is 0 Å². The average Bonchev–Trinajstić information content (AvgIpc) is 2.77. The minimum atomic E-state index is -2.16. The van der Waals surface area contributed by atoms with Crippen molar-refractivity contribution in [3.63, 3.8) is 0 Å². The van der Waals surface area contributed by atoms with Crippen molar-refractivity contribution < 1.29 is 19.4 Å². The van der Waals surface area contributed by atoms with E-state index in [4.69, 9.17) is 16.3 Å². The lowest BCUT2D eigenvalue weighted by Crippen LogP contribution is -2.45. The maximum absolute atomic E-state index is 12.3. The number of Topliss-reactive ketones (excluding diaryl/α,β-unsaturated/α-hetero) is 1. The molecule has 0 bridgehead atoms. The first kappa shape index (κ1) is 14.8. The molecular formula is C17H13ClO4. The minimum Gasteiger partial charge on any atom is -0.458 e. The van der Waals surface area contributed by atoms with Gasteiger partial charge in [-0.25, -0.2) is 4.79 Å². The van der Waals surface area contributed by atoms with E-state index in [1.54, 1.807) is 24.3 Å². The predicted octanol–water partition coefficient (Wildman–Crippen LogP) is 2.55. The zero-order valence-electron chi connectivity index (χ0n) is 11.6. The summed E-state index contributed by atoms with van der Waals surface area (Å²) in [5.74, 6) is -1.58. The van der Waals surface area contributed by atoms with Gasteiger partial charge < -0.3 is 9.84 Å². The fraction of sp³-hybridized carbons (Fsp3) is 0.176. The maximum Gasteiger partial charge on any atom is 0.347 e. The number of aliphatic hydroxyl groups is 1. The summed E-state index contributed by atoms with van der Waals surface area (Å²) >= 11 is 5.88. The lowest BCUT2D eigenvalue weighted by Gasteiger charge is -2.18. The zero-order chi connectivity index (χ0) is 15.7. The van der Waals surface area contributed by atoms with Crippen molar-refractivity contribution in [2.24, 2.45) is 0 Å². The fourth-order valence-electron chi connectivity index (χ4n) is 2.52. The van der Waals surface area contributed by atoms with Crippen LogP contribution in [0.2, 0.25) is 5.02 Å². The third kappa shape index (κ3) is 2.51. The quantitative estimate of drug-likeness (QED) is 0.698. The molecule has 0 radical (unpaired) electrons. The Bertz CT molecular complexity index is 742. The molecule has 112 valence electrons. The fourth-order valence-corrected chi connectivity index (χ4v) is 2.71. The van der Waals surface area contributed by atoms with Gasteiger partial charge in [-0.1, -0.05) is 41.9 Å². The number of benzene rings is 2. The molecule has 0 saturated heterocycles. The Hall–Kier alpha value is -2.17. The van der Waals surface area contributed by atoms with Crippen LogP contribution in [0.15, 0.2) is 48.5 Å². The largest absolute Gasteiger partial charge is 0.458 e. The van der Waals surface area contributed by atoms with Gasteiger partial charge in [0.15, 0.2) is 0 Å². The van der Waals surface area contributed by atoms with Gasteiger partial charge in [-0.05, 0) is 29.3 Å². The van der Waals surface area contributed by atoms with E-state index < -0.39 is 17.4 Å². The van der Waals surface area contributed by atoms with Gasteiger partial charge in [0, 0.05) is 17.0 Å². The Morgan fingerprint density at radius 2 is 1.95 bits per heavy atom. The Kier molecular flexibility index (Phi) is 3.72. The zero-order valence-corrected chi connectivity index (χ0v) is 12.3. The highest BCUT2D eigenvalue weighted by Crippen LogP contribution is 2.33. The van der Waals surface area contributed by atoms with Crippen LogP contribution in [0.5, 0.6) is 0 Å². The molecule has 1 unspecified atom stereocenters. The van der Waals surface area contributed by atoms with E-state index in [2.05, 4.69) is 0 Å². The summed E-state index contributed by atoms with van der Waals surface area (Å²) < 4.78 is 5.10. The van der Waals surface area contributed by atoms with Crippen LogP contribution in [0.25, 0.3) is 0 Å². The van der Waals surface area contributed by atoms with Gasteiger partial charge in [0.25, 0.3) is 0 Å². The molecule has 0 heterocycles. The lowest BCUT2D eigenvalue weighted by atomic mass is 9.99. The number of rotatable bonds is 3. The highest BCUT2D eigenvalue weighted by molar-refractivity contribution is 6.31. The summed E-state index contributed by atoms with van der Waals surface area (Å²) in [5.41, 5.74) is -0.521. The summed E-state index contributed by atoms with van der Waals surface area (Å²) in [6.07, 6.45) is -0.116. The van der Waals surface area contributed by atoms with E-state index in [1.807, 2.05) is 18.2 Å². The van der Waals surface area contributed by atoms with Crippen molar-refractivity contribution >= 4 is 23.4 Å². The number of fused-ring (bicyclic) bond motifs is 1. The summed E-state index contributed by atoms with van der Waals surface area (Å²) in [7, 11) is 0. The number of hydrogen-bond acceptors (Lipinski definition) is 4. The third-order valence-corrected chi connectivity index (χ3v) is 3.92. The van der Waals surface area contributed by atoms with Crippen molar-refractivity contribution in [3.8, 4) is 0 Å². The molecule has 0 spiro atoms. The standard InChI is InChI=1S/C17H13ClO4/c18-13-6-7-14-12(8-13)9-17(21,15(14)19)16(20)22-10-11-4-2-1-3-5-11/h1-8,21H,9-10H2. The first-order valence-corrected chi connectivity index (χ1v) is 7.15. The van der Waals surface area contributed by atoms with Crippen LogP contribution >= 0.6 is 11.6 Å². The van der Waals surface area contributed by atoms with Crippen LogP contribution in [0, 0.1) is 0 Å². The molecule has 0 fully saturated rings. The van der Waals surface area contributed by atoms with Crippen LogP contribution in [-0.4, -0.2) is 22.5 Å². The SMILES string of the molecule is O=C(OCc1ccccc1)C1(O)Cc2cc(Cl)ccc2C1=O. The summed E-state index contributed by atoms with van der Waals surface area (Å²) in [5, 5.41) is 10.9. The number of esters is 1. The van der Waals surface area contributed by atoms with E-state index in [9.17, 15) is 14.7 Å². The molecule has 22 heavy (non-hydrogen) atoms. The summed E-state index contributed by atoms with van der Waals surface area (Å²) in [6, 6.07) is 13.7. The van der Waals surface area contributed by atoms with Gasteiger partial charge in [-0.15, -0.1) is 0 Å². The van der Waals surface area contributed by atoms with E-state index in [0.29, 0.717) is 16.1 Å². The smallest absolute Gasteiger partial charge is 0.347 e. The second-order valence-corrected chi connectivity index (χ2v) is 5.67. The van der Waals surface area contributed by atoms with Gasteiger partial charge in [-0.3, -0.25) is 4.79 Å². The second kappa shape index (κ2) is 5.55. The minimum absolute atomic E-state index is 0.00631. The maximum atomic E-state index is 12.3. The topological polar surface area (TPSA) is 63.6 Å². The molecule has 2 aromatic carbocycles. The van der Waals surface area contributed by atoms with Crippen LogP contribution < -0.4 is 0 Å². The monoisotopic (exact) mass is 316 g/mol. The molecule has 0 aromatic heterocycles. The van der Waals surface area contributed by atoms with Crippen molar-refractivity contribution in [1.82, 2.24) is 0 Å². The molecule has 2 aromatic rings. The molecule has 1 N–H and O–H groups in total. The molecule has 0 saturated carbocycles. The number of ketones is 1. The highest BCUT2D eigenvalue weighted by atomic mass is 35.5. The predicted molar refractivity (Wildman–Crippen MR) is 80.7 cm³/mol. The Morgan fingerprint density at radius 1 is 1.23 bits per heavy atom. The molecule has 0 aliphatic heterocycles. The van der Waals surface area contributed by atoms with Crippen LogP contribution in [0.4, 0.5) is 0 Å². The normalized spacial score (nSPS) is 19.8. The first-order valence-electron chi connectivity index (χ1n) is 6.77. The Balaban J connectivity index is 1.77. The lowest BCUT2D eigenvalue weighted by molar-refractivity contribution is -0.161. The number of halogens is 1. The van der Waals surface area contributed by atoms with Crippen LogP contribution in [0.1, 0.15) is 21.5 Å². The number of hydrogen-bond donors (Lipinski definition) is 1. The average molecular weight is 317 g/mol. The van der Waals surface area contributed by atoms with Crippen LogP contribution in [-0.2, 0) is 22.6 Å². The van der Waals surface area contributed by atoms with Crippen LogP contribution in [0.3, 0.4) is 0 Å². The molecule has 0 amide bonds. The number of carbonyl (C=O) groups excluding carboxylic acids is 2. The van der Waals surface area contributed by atoms with Gasteiger partial charge in [-0.2, -0.15) is 0 Å². The second-order valence-electron chi connectivity index (χ2n) is 5.23. The van der Waals surface area contributed by atoms with Gasteiger partial charge >= 0.3 is 5.97 Å². The molecule has 1 atom stereocenters. The van der Waals surface area contributed by atoms with Crippen molar-refractivity contribution in [2.45, 2.75) is 18.6 Å². The molecule has 1 aliphatic carbocycles. The first-order chi connectivity index (χ1) is 10.5. The van der Waals surface area contributed by atoms with Crippen molar-refractivity contribution in [2.75, 3.05) is 0 Å². The highest BCUT2D eigenvalue weighted by Gasteiger charge is 2.51. The molecule has 1 aliphatic rings. The number of carbonyl (C=O) groups is 2. The number of ether oxygens (including phenoxy) is 1. The Morgan fingerprint density at radius 3 is 2.68 bits per heavy atom. The van der Waals surface area contributed by atoms with Gasteiger partial charge in [0.2, 0.25) is 11.4 Å². The van der Waals surface area contributed by atoms with E-state index in [0.717, 1.165) is 5.56 Å². The van der Waals surface area contributed by atoms with Gasteiger partial charge in [0.05, 0.1) is 0 Å². The molecule has 4 nitrogen and oxygen atoms in total.